The van der Waals surface area contributed by atoms with E-state index in [1.54, 1.807) is 30.6 Å². The Bertz CT molecular complexity index is 2260. The monoisotopic (exact) mass is 771 g/mol. The fourth-order valence-electron chi connectivity index (χ4n) is 4.54. The predicted octanol–water partition coefficient (Wildman–Crippen LogP) is 6.16. The first-order valence-electron chi connectivity index (χ1n) is 15.9. The number of carboxylic acids is 1. The van der Waals surface area contributed by atoms with Gasteiger partial charge in [0.1, 0.15) is 16.1 Å². The molecule has 2 saturated carbocycles. The standard InChI is InChI=1S/C20H18ClFN4O4S.C14H14ClN3O3/c1-20(8-9-20)12-30-17-7-10-26(24-17)16-6-5-15(18(21)23-16)19(27)25-31(28,29)14-4-2-3-13(22)11-14;1-14(5-6-14)8-21-11-4-7-18(17-11)10-3-2-9(13(19)20)12(15)16-10/h2-7,10-11H,8-9,12H2,1H3,(H,25,27);2-4,7H,5-6,8H2,1H3,(H,19,20). The molecular formula is C34H32Cl2FN7O7S. The van der Waals surface area contributed by atoms with Gasteiger partial charge in [-0.3, -0.25) is 4.79 Å². The number of rotatable bonds is 12. The highest BCUT2D eigenvalue weighted by Gasteiger charge is 2.39. The highest BCUT2D eigenvalue weighted by atomic mass is 35.5. The number of carboxylic acid groups (broad SMARTS) is 1. The van der Waals surface area contributed by atoms with E-state index in [1.165, 1.54) is 52.5 Å². The third-order valence-electron chi connectivity index (χ3n) is 8.42. The summed E-state index contributed by atoms with van der Waals surface area (Å²) in [6, 6.07) is 13.5. The number of nitrogens with zero attached hydrogens (tertiary/aromatic N) is 6. The molecule has 7 rings (SSSR count). The topological polar surface area (TPSA) is 180 Å². The molecule has 18 heteroatoms. The largest absolute Gasteiger partial charge is 0.478 e. The van der Waals surface area contributed by atoms with Crippen LogP contribution in [-0.4, -0.2) is 68.1 Å². The van der Waals surface area contributed by atoms with E-state index in [2.05, 4.69) is 34.0 Å². The van der Waals surface area contributed by atoms with Gasteiger partial charge in [0.15, 0.2) is 11.6 Å². The van der Waals surface area contributed by atoms with Gasteiger partial charge >= 0.3 is 5.97 Å². The van der Waals surface area contributed by atoms with Gasteiger partial charge in [0.05, 0.1) is 29.2 Å². The molecule has 0 saturated heterocycles. The molecule has 14 nitrogen and oxygen atoms in total. The summed E-state index contributed by atoms with van der Waals surface area (Å²) >= 11 is 12.0. The van der Waals surface area contributed by atoms with Crippen LogP contribution in [0.5, 0.6) is 11.8 Å². The number of hydrogen-bond donors (Lipinski definition) is 2. The lowest BCUT2D eigenvalue weighted by Gasteiger charge is -2.09. The van der Waals surface area contributed by atoms with E-state index in [0.717, 1.165) is 25.0 Å². The minimum atomic E-state index is -4.28. The van der Waals surface area contributed by atoms with Crippen molar-refractivity contribution in [1.29, 1.82) is 0 Å². The van der Waals surface area contributed by atoms with Crippen LogP contribution in [0.25, 0.3) is 11.6 Å². The Hall–Kier alpha value is -5.06. The number of benzene rings is 1. The van der Waals surface area contributed by atoms with Gasteiger partial charge in [0, 0.05) is 35.4 Å². The van der Waals surface area contributed by atoms with E-state index in [-0.39, 0.29) is 37.2 Å². The number of amides is 1. The Morgan fingerprint density at radius 1 is 0.827 bits per heavy atom. The number of halogens is 3. The molecule has 0 spiro atoms. The summed E-state index contributed by atoms with van der Waals surface area (Å²) in [7, 11) is -4.28. The molecule has 0 atom stereocenters. The molecule has 2 N–H and O–H groups in total. The minimum Gasteiger partial charge on any atom is -0.478 e. The molecule has 0 aliphatic heterocycles. The quantitative estimate of drug-likeness (QED) is 0.139. The predicted molar refractivity (Wildman–Crippen MR) is 186 cm³/mol. The molecule has 52 heavy (non-hydrogen) atoms. The third-order valence-corrected chi connectivity index (χ3v) is 10.3. The van der Waals surface area contributed by atoms with Crippen LogP contribution in [0.3, 0.4) is 0 Å². The van der Waals surface area contributed by atoms with Gasteiger partial charge in [-0.05, 0) is 68.1 Å². The van der Waals surface area contributed by atoms with Crippen LogP contribution in [0.4, 0.5) is 4.39 Å². The van der Waals surface area contributed by atoms with Gasteiger partial charge in [-0.25, -0.2) is 41.7 Å². The number of carbonyl (C=O) groups is 2. The molecule has 2 aliphatic carbocycles. The number of aromatic carboxylic acids is 1. The van der Waals surface area contributed by atoms with E-state index < -0.39 is 27.7 Å². The van der Waals surface area contributed by atoms with Crippen molar-refractivity contribution in [2.45, 2.75) is 44.4 Å². The van der Waals surface area contributed by atoms with Crippen LogP contribution >= 0.6 is 23.2 Å². The number of nitrogens with one attached hydrogen (secondary N) is 1. The Balaban J connectivity index is 0.000000192. The molecule has 1 aromatic carbocycles. The van der Waals surface area contributed by atoms with Crippen LogP contribution < -0.4 is 14.2 Å². The first-order valence-corrected chi connectivity index (χ1v) is 18.1. The van der Waals surface area contributed by atoms with Gasteiger partial charge in [-0.1, -0.05) is 43.1 Å². The summed E-state index contributed by atoms with van der Waals surface area (Å²) in [4.78, 5) is 31.1. The number of aromatic nitrogens is 6. The summed E-state index contributed by atoms with van der Waals surface area (Å²) in [5.41, 5.74) is 0.308. The van der Waals surface area contributed by atoms with Gasteiger partial charge < -0.3 is 14.6 Å². The molecular weight excluding hydrogens is 740 g/mol. The van der Waals surface area contributed by atoms with Crippen LogP contribution in [0.1, 0.15) is 60.2 Å². The second kappa shape index (κ2) is 14.5. The van der Waals surface area contributed by atoms with Crippen molar-refractivity contribution >= 4 is 45.1 Å². The van der Waals surface area contributed by atoms with E-state index in [4.69, 9.17) is 37.8 Å². The average molecular weight is 773 g/mol. The van der Waals surface area contributed by atoms with Crippen LogP contribution in [0.2, 0.25) is 10.3 Å². The lowest BCUT2D eigenvalue weighted by molar-refractivity contribution is 0.0696. The molecule has 2 aliphatic rings. The molecule has 5 aromatic rings. The number of pyridine rings is 2. The van der Waals surface area contributed by atoms with Gasteiger partial charge in [-0.15, -0.1) is 10.2 Å². The van der Waals surface area contributed by atoms with Gasteiger partial charge in [0.25, 0.3) is 15.9 Å². The molecule has 1 amide bonds. The smallest absolute Gasteiger partial charge is 0.338 e. The second-order valence-corrected chi connectivity index (χ2v) is 15.5. The summed E-state index contributed by atoms with van der Waals surface area (Å²) in [6.07, 6.45) is 7.96. The van der Waals surface area contributed by atoms with Crippen molar-refractivity contribution < 1.29 is 37.0 Å². The summed E-state index contributed by atoms with van der Waals surface area (Å²) in [5, 5.41) is 17.2. The molecule has 0 radical (unpaired) electrons. The zero-order valence-electron chi connectivity index (χ0n) is 27.8. The maximum atomic E-state index is 13.3. The highest BCUT2D eigenvalue weighted by Crippen LogP contribution is 2.45. The fraction of sp³-hybridized carbons (Fsp3) is 0.294. The average Bonchev–Trinajstić information content (AvgIpc) is 3.86. The number of ether oxygens (including phenoxy) is 2. The van der Waals surface area contributed by atoms with Crippen molar-refractivity contribution in [2.75, 3.05) is 13.2 Å². The Morgan fingerprint density at radius 2 is 1.33 bits per heavy atom. The molecule has 4 aromatic heterocycles. The Morgan fingerprint density at radius 3 is 1.77 bits per heavy atom. The van der Waals surface area contributed by atoms with Crippen LogP contribution in [-0.2, 0) is 10.0 Å². The molecule has 2 fully saturated rings. The molecule has 272 valence electrons. The van der Waals surface area contributed by atoms with Gasteiger partial charge in [0.2, 0.25) is 11.8 Å². The van der Waals surface area contributed by atoms with Crippen molar-refractivity contribution in [3.05, 3.63) is 100 Å². The van der Waals surface area contributed by atoms with E-state index >= 15 is 0 Å². The van der Waals surface area contributed by atoms with E-state index in [9.17, 15) is 22.4 Å². The maximum Gasteiger partial charge on any atom is 0.338 e. The molecule has 0 unspecified atom stereocenters. The van der Waals surface area contributed by atoms with E-state index in [0.29, 0.717) is 36.6 Å². The first-order chi connectivity index (χ1) is 24.6. The highest BCUT2D eigenvalue weighted by molar-refractivity contribution is 7.90. The zero-order valence-corrected chi connectivity index (χ0v) is 30.1. The Kier molecular flexibility index (Phi) is 10.3. The SMILES string of the molecule is CC1(COc2ccn(-c3ccc(C(=O)NS(=O)(=O)c4cccc(F)c4)c(Cl)n3)n2)CC1.CC1(COc2ccn(-c3ccc(C(=O)O)c(Cl)n3)n2)CC1. The van der Waals surface area contributed by atoms with E-state index in [1.807, 2.05) is 4.72 Å². The lowest BCUT2D eigenvalue weighted by Crippen LogP contribution is -2.31. The maximum absolute atomic E-state index is 13.3. The number of carbonyl (C=O) groups excluding carboxylic acids is 1. The lowest BCUT2D eigenvalue weighted by atomic mass is 10.2. The fourth-order valence-corrected chi connectivity index (χ4v) is 6.00. The van der Waals surface area contributed by atoms with Crippen molar-refractivity contribution in [2.24, 2.45) is 10.8 Å². The first kappa shape index (κ1) is 36.7. The molecule has 0 bridgehead atoms. The number of hydrogen-bond acceptors (Lipinski definition) is 10. The van der Waals surface area contributed by atoms with Crippen LogP contribution in [0, 0.1) is 16.6 Å². The van der Waals surface area contributed by atoms with Crippen molar-refractivity contribution in [3.8, 4) is 23.4 Å². The zero-order chi connectivity index (χ0) is 37.3. The normalized spacial score (nSPS) is 15.2. The second-order valence-electron chi connectivity index (χ2n) is 13.1. The van der Waals surface area contributed by atoms with Crippen molar-refractivity contribution in [3.63, 3.8) is 0 Å². The third kappa shape index (κ3) is 9.05. The summed E-state index contributed by atoms with van der Waals surface area (Å²) < 4.78 is 54.1. The van der Waals surface area contributed by atoms with Crippen molar-refractivity contribution in [1.82, 2.24) is 34.3 Å². The van der Waals surface area contributed by atoms with Gasteiger partial charge in [-0.2, -0.15) is 0 Å². The Labute approximate surface area is 307 Å². The summed E-state index contributed by atoms with van der Waals surface area (Å²) in [5.74, 6) is -1.12. The number of sulfonamides is 1. The minimum absolute atomic E-state index is 0.0364. The summed E-state index contributed by atoms with van der Waals surface area (Å²) in [6.45, 7) is 5.55. The molecule has 4 heterocycles. The van der Waals surface area contributed by atoms with Crippen LogP contribution in [0.15, 0.2) is 78.0 Å².